The minimum atomic E-state index is -0.528. The first-order valence-corrected chi connectivity index (χ1v) is 7.84. The summed E-state index contributed by atoms with van der Waals surface area (Å²) in [7, 11) is 3.35. The van der Waals surface area contributed by atoms with Crippen LogP contribution in [0, 0.1) is 0 Å². The summed E-state index contributed by atoms with van der Waals surface area (Å²) < 4.78 is 5.34. The lowest BCUT2D eigenvalue weighted by Gasteiger charge is -2.22. The Labute approximate surface area is 130 Å². The highest BCUT2D eigenvalue weighted by Gasteiger charge is 2.18. The molecule has 0 bridgehead atoms. The molecule has 2 amide bonds. The van der Waals surface area contributed by atoms with Crippen LogP contribution in [-0.4, -0.2) is 43.2 Å². The van der Waals surface area contributed by atoms with Crippen LogP contribution >= 0.6 is 11.8 Å². The van der Waals surface area contributed by atoms with Crippen LogP contribution in [0.3, 0.4) is 0 Å². The van der Waals surface area contributed by atoms with E-state index in [0.717, 1.165) is 16.2 Å². The number of likely N-dealkylation sites (N-methyl/N-ethyl adjacent to an activating group) is 1. The summed E-state index contributed by atoms with van der Waals surface area (Å²) in [6, 6.07) is 5.36. The van der Waals surface area contributed by atoms with Crippen molar-refractivity contribution in [1.29, 1.82) is 0 Å². The lowest BCUT2D eigenvalue weighted by molar-refractivity contribution is -0.134. The molecule has 0 aliphatic heterocycles. The Morgan fingerprint density at radius 1 is 1.43 bits per heavy atom. The molecule has 1 aromatic rings. The van der Waals surface area contributed by atoms with E-state index in [-0.39, 0.29) is 11.8 Å². The minimum absolute atomic E-state index is 0.127. The van der Waals surface area contributed by atoms with Crippen molar-refractivity contribution in [1.82, 2.24) is 10.2 Å². The van der Waals surface area contributed by atoms with E-state index in [0.29, 0.717) is 6.54 Å². The van der Waals surface area contributed by atoms with Crippen molar-refractivity contribution in [3.8, 4) is 5.75 Å². The van der Waals surface area contributed by atoms with Crippen molar-refractivity contribution in [2.24, 2.45) is 0 Å². The normalized spacial score (nSPS) is 11.7. The zero-order valence-electron chi connectivity index (χ0n) is 13.1. The zero-order valence-corrected chi connectivity index (χ0v) is 13.9. The fourth-order valence-corrected chi connectivity index (χ4v) is 2.58. The Kier molecular flexibility index (Phi) is 6.55. The van der Waals surface area contributed by atoms with Crippen LogP contribution in [-0.2, 0) is 16.1 Å². The topological polar surface area (TPSA) is 58.6 Å². The molecule has 0 spiro atoms. The van der Waals surface area contributed by atoms with Crippen molar-refractivity contribution < 1.29 is 14.3 Å². The Morgan fingerprint density at radius 3 is 2.62 bits per heavy atom. The monoisotopic (exact) mass is 310 g/mol. The molecule has 0 fully saturated rings. The van der Waals surface area contributed by atoms with Crippen molar-refractivity contribution >= 4 is 23.6 Å². The number of hydrogen-bond donors (Lipinski definition) is 1. The van der Waals surface area contributed by atoms with Gasteiger partial charge in [-0.15, -0.1) is 11.8 Å². The van der Waals surface area contributed by atoms with Crippen LogP contribution in [0.5, 0.6) is 5.75 Å². The largest absolute Gasteiger partial charge is 0.496 e. The molecule has 1 N–H and O–H groups in total. The highest BCUT2D eigenvalue weighted by atomic mass is 32.2. The van der Waals surface area contributed by atoms with Crippen LogP contribution in [0.2, 0.25) is 0 Å². The van der Waals surface area contributed by atoms with E-state index in [4.69, 9.17) is 4.74 Å². The van der Waals surface area contributed by atoms with Gasteiger partial charge in [0, 0.05) is 25.4 Å². The third-order valence-electron chi connectivity index (χ3n) is 3.03. The molecule has 1 unspecified atom stereocenters. The molecule has 21 heavy (non-hydrogen) atoms. The molecular formula is C15H22N2O3S. The van der Waals surface area contributed by atoms with E-state index < -0.39 is 6.04 Å². The molecular weight excluding hydrogens is 288 g/mol. The van der Waals surface area contributed by atoms with Crippen molar-refractivity contribution in [2.75, 3.05) is 20.4 Å². The summed E-state index contributed by atoms with van der Waals surface area (Å²) in [5, 5.41) is 2.59. The standard InChI is InChI=1S/C15H22N2O3S/c1-10(16-11(2)18)15(19)17(3)9-12-6-7-14(21-5)13(8-12)20-4/h6-8,10H,9H2,1-5H3,(H,16,18). The smallest absolute Gasteiger partial charge is 0.244 e. The van der Waals surface area contributed by atoms with Crippen molar-refractivity contribution in [2.45, 2.75) is 31.3 Å². The van der Waals surface area contributed by atoms with Crippen LogP contribution in [0.1, 0.15) is 19.4 Å². The van der Waals surface area contributed by atoms with Gasteiger partial charge in [-0.05, 0) is 30.9 Å². The second-order valence-electron chi connectivity index (χ2n) is 4.81. The van der Waals surface area contributed by atoms with Crippen LogP contribution < -0.4 is 10.1 Å². The molecule has 1 aromatic carbocycles. The molecule has 1 atom stereocenters. The van der Waals surface area contributed by atoms with Gasteiger partial charge in [0.2, 0.25) is 11.8 Å². The number of carbonyl (C=O) groups is 2. The maximum atomic E-state index is 12.1. The highest BCUT2D eigenvalue weighted by Crippen LogP contribution is 2.28. The average Bonchev–Trinajstić information content (AvgIpc) is 2.45. The Balaban J connectivity index is 2.76. The quantitative estimate of drug-likeness (QED) is 0.815. The van der Waals surface area contributed by atoms with E-state index in [1.54, 1.807) is 37.7 Å². The molecule has 0 aromatic heterocycles. The van der Waals surface area contributed by atoms with Crippen LogP contribution in [0.15, 0.2) is 23.1 Å². The lowest BCUT2D eigenvalue weighted by Crippen LogP contribution is -2.44. The van der Waals surface area contributed by atoms with Crippen LogP contribution in [0.4, 0.5) is 0 Å². The summed E-state index contributed by atoms with van der Waals surface area (Å²) in [5.41, 5.74) is 0.982. The van der Waals surface area contributed by atoms with Gasteiger partial charge in [-0.3, -0.25) is 9.59 Å². The summed E-state index contributed by atoms with van der Waals surface area (Å²) >= 11 is 1.61. The van der Waals surface area contributed by atoms with E-state index in [9.17, 15) is 9.59 Å². The van der Waals surface area contributed by atoms with Gasteiger partial charge in [-0.25, -0.2) is 0 Å². The number of carbonyl (C=O) groups excluding carboxylic acids is 2. The molecule has 5 nitrogen and oxygen atoms in total. The van der Waals surface area contributed by atoms with Gasteiger partial charge in [0.25, 0.3) is 0 Å². The number of rotatable bonds is 6. The van der Waals surface area contributed by atoms with Gasteiger partial charge in [0.1, 0.15) is 11.8 Å². The predicted molar refractivity (Wildman–Crippen MR) is 84.5 cm³/mol. The average molecular weight is 310 g/mol. The molecule has 0 heterocycles. The molecule has 0 saturated heterocycles. The number of benzene rings is 1. The SMILES string of the molecule is COc1cc(CN(C)C(=O)C(C)NC(C)=O)ccc1SC. The number of methoxy groups -OCH3 is 1. The molecule has 1 rings (SSSR count). The highest BCUT2D eigenvalue weighted by molar-refractivity contribution is 7.98. The number of nitrogens with zero attached hydrogens (tertiary/aromatic N) is 1. The van der Waals surface area contributed by atoms with Gasteiger partial charge < -0.3 is 15.0 Å². The fourth-order valence-electron chi connectivity index (χ4n) is 2.03. The van der Waals surface area contributed by atoms with Crippen molar-refractivity contribution in [3.05, 3.63) is 23.8 Å². The molecule has 6 heteroatoms. The van der Waals surface area contributed by atoms with E-state index in [1.807, 2.05) is 24.5 Å². The first kappa shape index (κ1) is 17.4. The first-order chi connectivity index (χ1) is 9.88. The molecule has 0 saturated carbocycles. The van der Waals surface area contributed by atoms with E-state index in [1.165, 1.54) is 6.92 Å². The zero-order chi connectivity index (χ0) is 16.0. The maximum Gasteiger partial charge on any atom is 0.244 e. The Bertz CT molecular complexity index is 520. The van der Waals surface area contributed by atoms with Gasteiger partial charge in [-0.2, -0.15) is 0 Å². The van der Waals surface area contributed by atoms with Crippen molar-refractivity contribution in [3.63, 3.8) is 0 Å². The Hall–Kier alpha value is -1.69. The summed E-state index contributed by atoms with van der Waals surface area (Å²) in [6.45, 7) is 3.54. The number of ether oxygens (including phenoxy) is 1. The predicted octanol–water partition coefficient (Wildman–Crippen LogP) is 1.90. The lowest BCUT2D eigenvalue weighted by atomic mass is 10.2. The number of hydrogen-bond acceptors (Lipinski definition) is 4. The molecule has 0 aliphatic rings. The second kappa shape index (κ2) is 7.93. The third-order valence-corrected chi connectivity index (χ3v) is 3.81. The minimum Gasteiger partial charge on any atom is -0.496 e. The van der Waals surface area contributed by atoms with Gasteiger partial charge >= 0.3 is 0 Å². The first-order valence-electron chi connectivity index (χ1n) is 6.62. The fraction of sp³-hybridized carbons (Fsp3) is 0.467. The van der Waals surface area contributed by atoms with E-state index in [2.05, 4.69) is 5.32 Å². The Morgan fingerprint density at radius 2 is 2.10 bits per heavy atom. The number of nitrogens with one attached hydrogen (secondary N) is 1. The second-order valence-corrected chi connectivity index (χ2v) is 5.65. The van der Waals surface area contributed by atoms with E-state index >= 15 is 0 Å². The maximum absolute atomic E-state index is 12.1. The van der Waals surface area contributed by atoms with Gasteiger partial charge in [0.05, 0.1) is 7.11 Å². The number of thioether (sulfide) groups is 1. The summed E-state index contributed by atoms with van der Waals surface area (Å²) in [5.74, 6) is 0.462. The molecule has 0 aliphatic carbocycles. The summed E-state index contributed by atoms with van der Waals surface area (Å²) in [4.78, 5) is 25.8. The number of amides is 2. The van der Waals surface area contributed by atoms with Crippen LogP contribution in [0.25, 0.3) is 0 Å². The molecule has 116 valence electrons. The van der Waals surface area contributed by atoms with Gasteiger partial charge in [0.15, 0.2) is 0 Å². The molecule has 0 radical (unpaired) electrons. The van der Waals surface area contributed by atoms with Gasteiger partial charge in [-0.1, -0.05) is 6.07 Å². The third kappa shape index (κ3) is 4.97. The summed E-state index contributed by atoms with van der Waals surface area (Å²) in [6.07, 6.45) is 1.99.